The minimum Gasteiger partial charge on any atom is -0.283 e. The predicted octanol–water partition coefficient (Wildman–Crippen LogP) is 4.14. The number of nitrogens with zero attached hydrogens (tertiary/aromatic N) is 2. The number of para-hydroxylation sites is 2. The molecule has 0 amide bonds. The quantitative estimate of drug-likeness (QED) is 0.522. The minimum atomic E-state index is -0.0904. The van der Waals surface area contributed by atoms with Gasteiger partial charge in [-0.15, -0.1) is 22.7 Å². The van der Waals surface area contributed by atoms with Crippen LogP contribution in [0, 0.1) is 0 Å². The summed E-state index contributed by atoms with van der Waals surface area (Å²) in [7, 11) is 0. The fraction of sp³-hybridized carbons (Fsp3) is 0. The third-order valence-corrected chi connectivity index (χ3v) is 5.05. The van der Waals surface area contributed by atoms with Crippen LogP contribution < -0.4 is 0 Å². The number of thiazole rings is 2. The van der Waals surface area contributed by atoms with Crippen LogP contribution in [-0.2, 0) is 0 Å². The van der Waals surface area contributed by atoms with E-state index in [1.54, 1.807) is 0 Å². The van der Waals surface area contributed by atoms with E-state index in [0.717, 1.165) is 20.4 Å². The Balaban J connectivity index is 1.82. The van der Waals surface area contributed by atoms with Gasteiger partial charge in [0.05, 0.1) is 20.4 Å². The van der Waals surface area contributed by atoms with E-state index >= 15 is 0 Å². The van der Waals surface area contributed by atoms with E-state index in [0.29, 0.717) is 10.0 Å². The van der Waals surface area contributed by atoms with E-state index in [-0.39, 0.29) is 5.78 Å². The number of benzene rings is 2. The average Bonchev–Trinajstić information content (AvgIpc) is 3.10. The molecule has 96 valence electrons. The molecule has 5 heteroatoms. The summed E-state index contributed by atoms with van der Waals surface area (Å²) >= 11 is 2.83. The molecule has 0 fully saturated rings. The fourth-order valence-corrected chi connectivity index (χ4v) is 3.91. The number of ketones is 1. The van der Waals surface area contributed by atoms with E-state index in [2.05, 4.69) is 9.97 Å². The lowest BCUT2D eigenvalue weighted by Crippen LogP contribution is -1.99. The van der Waals surface area contributed by atoms with Gasteiger partial charge in [0.2, 0.25) is 5.78 Å². The van der Waals surface area contributed by atoms with E-state index in [1.807, 2.05) is 48.5 Å². The highest BCUT2D eigenvalue weighted by molar-refractivity contribution is 7.23. The number of carbonyl (C=O) groups is 1. The molecule has 2 aromatic heterocycles. The Morgan fingerprint density at radius 1 is 0.750 bits per heavy atom. The first-order valence-corrected chi connectivity index (χ1v) is 7.70. The maximum Gasteiger partial charge on any atom is 0.250 e. The molecule has 0 atom stereocenters. The minimum absolute atomic E-state index is 0.0904. The van der Waals surface area contributed by atoms with Gasteiger partial charge in [0.25, 0.3) is 0 Å². The lowest BCUT2D eigenvalue weighted by atomic mass is 10.3. The fourth-order valence-electron chi connectivity index (χ4n) is 2.03. The zero-order valence-electron chi connectivity index (χ0n) is 10.2. The first-order valence-electron chi connectivity index (χ1n) is 6.07. The molecule has 4 rings (SSSR count). The van der Waals surface area contributed by atoms with Crippen LogP contribution in [0.15, 0.2) is 48.5 Å². The van der Waals surface area contributed by atoms with Crippen molar-refractivity contribution >= 4 is 48.9 Å². The summed E-state index contributed by atoms with van der Waals surface area (Å²) in [5.74, 6) is -0.0904. The summed E-state index contributed by atoms with van der Waals surface area (Å²) in [6.45, 7) is 0. The molecular formula is C15H8N2OS2. The average molecular weight is 296 g/mol. The predicted molar refractivity (Wildman–Crippen MR) is 82.7 cm³/mol. The van der Waals surface area contributed by atoms with E-state index < -0.39 is 0 Å². The summed E-state index contributed by atoms with van der Waals surface area (Å²) in [5.41, 5.74) is 1.73. The summed E-state index contributed by atoms with van der Waals surface area (Å²) in [6.07, 6.45) is 0. The molecule has 0 unspecified atom stereocenters. The van der Waals surface area contributed by atoms with Crippen molar-refractivity contribution in [3.8, 4) is 0 Å². The van der Waals surface area contributed by atoms with Gasteiger partial charge in [0.1, 0.15) is 0 Å². The molecule has 0 aliphatic carbocycles. The standard InChI is InChI=1S/C15H8N2OS2/c18-13(14-16-9-5-1-3-7-11(9)19-14)15-17-10-6-2-4-8-12(10)20-15/h1-8H. The molecule has 2 heterocycles. The van der Waals surface area contributed by atoms with Gasteiger partial charge in [-0.2, -0.15) is 0 Å². The second-order valence-corrected chi connectivity index (χ2v) is 6.36. The van der Waals surface area contributed by atoms with Gasteiger partial charge in [-0.05, 0) is 24.3 Å². The van der Waals surface area contributed by atoms with Crippen molar-refractivity contribution in [2.45, 2.75) is 0 Å². The molecule has 2 aromatic carbocycles. The summed E-state index contributed by atoms with van der Waals surface area (Å²) in [5, 5.41) is 1.01. The van der Waals surface area contributed by atoms with Gasteiger partial charge < -0.3 is 0 Å². The van der Waals surface area contributed by atoms with Crippen molar-refractivity contribution in [3.05, 3.63) is 58.5 Å². The Morgan fingerprint density at radius 2 is 1.20 bits per heavy atom. The van der Waals surface area contributed by atoms with E-state index in [4.69, 9.17) is 0 Å². The summed E-state index contributed by atoms with van der Waals surface area (Å²) in [6, 6.07) is 15.5. The molecule has 0 saturated heterocycles. The van der Waals surface area contributed by atoms with Crippen molar-refractivity contribution in [2.75, 3.05) is 0 Å². The zero-order valence-corrected chi connectivity index (χ0v) is 11.9. The summed E-state index contributed by atoms with van der Waals surface area (Å²) < 4.78 is 2.05. The van der Waals surface area contributed by atoms with Gasteiger partial charge in [-0.25, -0.2) is 9.97 Å². The number of hydrogen-bond donors (Lipinski definition) is 0. The van der Waals surface area contributed by atoms with Gasteiger partial charge in [0.15, 0.2) is 10.0 Å². The molecule has 0 saturated carbocycles. The van der Waals surface area contributed by atoms with E-state index in [9.17, 15) is 4.79 Å². The highest BCUT2D eigenvalue weighted by Gasteiger charge is 2.18. The number of hydrogen-bond acceptors (Lipinski definition) is 5. The Hall–Kier alpha value is -2.11. The van der Waals surface area contributed by atoms with Crippen LogP contribution in [0.25, 0.3) is 20.4 Å². The summed E-state index contributed by atoms with van der Waals surface area (Å²) in [4.78, 5) is 21.3. The molecule has 0 aliphatic heterocycles. The Bertz CT molecular complexity index is 797. The van der Waals surface area contributed by atoms with Crippen molar-refractivity contribution in [3.63, 3.8) is 0 Å². The Labute approximate surface area is 122 Å². The topological polar surface area (TPSA) is 42.9 Å². The second-order valence-electron chi connectivity index (χ2n) is 4.30. The highest BCUT2D eigenvalue weighted by Crippen LogP contribution is 2.27. The molecule has 20 heavy (non-hydrogen) atoms. The van der Waals surface area contributed by atoms with Crippen molar-refractivity contribution < 1.29 is 4.79 Å². The van der Waals surface area contributed by atoms with Gasteiger partial charge in [-0.3, -0.25) is 4.79 Å². The molecule has 3 nitrogen and oxygen atoms in total. The SMILES string of the molecule is O=C(c1nc2ccccc2s1)c1nc2ccccc2s1. The van der Waals surface area contributed by atoms with Crippen LogP contribution in [0.1, 0.15) is 14.8 Å². The van der Waals surface area contributed by atoms with Crippen LogP contribution in [0.3, 0.4) is 0 Å². The molecule has 0 spiro atoms. The molecule has 0 aliphatic rings. The first-order chi connectivity index (χ1) is 9.81. The number of rotatable bonds is 2. The molecule has 4 aromatic rings. The Kier molecular flexibility index (Phi) is 2.61. The third kappa shape index (κ3) is 1.83. The molecular weight excluding hydrogens is 288 g/mol. The lowest BCUT2D eigenvalue weighted by molar-refractivity contribution is 0.103. The maximum absolute atomic E-state index is 12.5. The van der Waals surface area contributed by atoms with Crippen LogP contribution in [0.4, 0.5) is 0 Å². The van der Waals surface area contributed by atoms with Crippen molar-refractivity contribution in [2.24, 2.45) is 0 Å². The van der Waals surface area contributed by atoms with Crippen LogP contribution >= 0.6 is 22.7 Å². The van der Waals surface area contributed by atoms with Crippen LogP contribution in [0.5, 0.6) is 0 Å². The van der Waals surface area contributed by atoms with Crippen molar-refractivity contribution in [1.82, 2.24) is 9.97 Å². The van der Waals surface area contributed by atoms with Gasteiger partial charge in [0, 0.05) is 0 Å². The smallest absolute Gasteiger partial charge is 0.250 e. The monoisotopic (exact) mass is 296 g/mol. The number of carbonyl (C=O) groups excluding carboxylic acids is 1. The van der Waals surface area contributed by atoms with Crippen LogP contribution in [0.2, 0.25) is 0 Å². The normalized spacial score (nSPS) is 11.2. The first kappa shape index (κ1) is 11.7. The lowest BCUT2D eigenvalue weighted by Gasteiger charge is -1.88. The van der Waals surface area contributed by atoms with Crippen molar-refractivity contribution in [1.29, 1.82) is 0 Å². The van der Waals surface area contributed by atoms with Crippen LogP contribution in [-0.4, -0.2) is 15.8 Å². The molecule has 0 bridgehead atoms. The molecule has 0 radical (unpaired) electrons. The largest absolute Gasteiger partial charge is 0.283 e. The second kappa shape index (κ2) is 4.47. The maximum atomic E-state index is 12.5. The Morgan fingerprint density at radius 3 is 1.65 bits per heavy atom. The van der Waals surface area contributed by atoms with Gasteiger partial charge >= 0.3 is 0 Å². The molecule has 0 N–H and O–H groups in total. The third-order valence-electron chi connectivity index (χ3n) is 2.98. The number of aromatic nitrogens is 2. The zero-order chi connectivity index (χ0) is 13.5. The van der Waals surface area contributed by atoms with E-state index in [1.165, 1.54) is 22.7 Å². The number of fused-ring (bicyclic) bond motifs is 2. The highest BCUT2D eigenvalue weighted by atomic mass is 32.1. The van der Waals surface area contributed by atoms with Gasteiger partial charge in [-0.1, -0.05) is 24.3 Å².